The maximum Gasteiger partial charge on any atom is 0.0850 e. The van der Waals surface area contributed by atoms with E-state index in [1.165, 1.54) is 16.5 Å². The number of hydrogen-bond acceptors (Lipinski definition) is 1. The Labute approximate surface area is 76.5 Å². The number of aromatic nitrogens is 1. The predicted molar refractivity (Wildman–Crippen MR) is 51.7 cm³/mol. The van der Waals surface area contributed by atoms with E-state index in [0.29, 0.717) is 6.10 Å². The molecule has 3 rings (SSSR count). The number of H-pyrrole nitrogens is 1. The standard InChI is InChI=1S/C11H11NO/c1-2-9-3-4-12-11(9)6-8(1)5-10-7-13-10/h1-4,6,10,12H,5,7H2. The first-order valence-electron chi connectivity index (χ1n) is 4.59. The predicted octanol–water partition coefficient (Wildman–Crippen LogP) is 2.11. The lowest BCUT2D eigenvalue weighted by atomic mass is 10.1. The molecule has 0 radical (unpaired) electrons. The van der Waals surface area contributed by atoms with Crippen LogP contribution in [0.3, 0.4) is 0 Å². The highest BCUT2D eigenvalue weighted by atomic mass is 16.6. The van der Waals surface area contributed by atoms with E-state index < -0.39 is 0 Å². The summed E-state index contributed by atoms with van der Waals surface area (Å²) < 4.78 is 5.20. The highest BCUT2D eigenvalue weighted by Crippen LogP contribution is 2.19. The second kappa shape index (κ2) is 2.60. The zero-order valence-electron chi connectivity index (χ0n) is 7.29. The van der Waals surface area contributed by atoms with Crippen molar-refractivity contribution in [1.29, 1.82) is 0 Å². The van der Waals surface area contributed by atoms with Crippen molar-refractivity contribution in [2.24, 2.45) is 0 Å². The quantitative estimate of drug-likeness (QED) is 0.692. The molecular formula is C11H11NO. The fraction of sp³-hybridized carbons (Fsp3) is 0.273. The van der Waals surface area contributed by atoms with Gasteiger partial charge >= 0.3 is 0 Å². The molecule has 1 aliphatic rings. The van der Waals surface area contributed by atoms with E-state index in [2.05, 4.69) is 29.2 Å². The molecule has 2 heteroatoms. The number of aromatic amines is 1. The largest absolute Gasteiger partial charge is 0.373 e. The molecule has 0 aliphatic carbocycles. The minimum absolute atomic E-state index is 0.479. The van der Waals surface area contributed by atoms with Crippen molar-refractivity contribution in [2.45, 2.75) is 12.5 Å². The lowest BCUT2D eigenvalue weighted by Crippen LogP contribution is -1.91. The molecule has 2 nitrogen and oxygen atoms in total. The Kier molecular flexibility index (Phi) is 1.43. The minimum Gasteiger partial charge on any atom is -0.373 e. The average molecular weight is 173 g/mol. The van der Waals surface area contributed by atoms with Crippen molar-refractivity contribution < 1.29 is 4.74 Å². The molecule has 66 valence electrons. The zero-order valence-corrected chi connectivity index (χ0v) is 7.29. The molecule has 1 aromatic heterocycles. The van der Waals surface area contributed by atoms with Crippen molar-refractivity contribution in [3.63, 3.8) is 0 Å². The highest BCUT2D eigenvalue weighted by molar-refractivity contribution is 5.79. The summed E-state index contributed by atoms with van der Waals surface area (Å²) in [6.45, 7) is 0.933. The van der Waals surface area contributed by atoms with Crippen molar-refractivity contribution in [3.8, 4) is 0 Å². The van der Waals surface area contributed by atoms with Gasteiger partial charge < -0.3 is 9.72 Å². The summed E-state index contributed by atoms with van der Waals surface area (Å²) in [5.74, 6) is 0. The third kappa shape index (κ3) is 1.33. The maximum atomic E-state index is 5.20. The Hall–Kier alpha value is -1.28. The second-order valence-corrected chi connectivity index (χ2v) is 3.56. The SMILES string of the molecule is c1cc2ccc(CC3CO3)cc2[nH]1. The van der Waals surface area contributed by atoms with Crippen molar-refractivity contribution in [1.82, 2.24) is 4.98 Å². The van der Waals surface area contributed by atoms with Crippen molar-refractivity contribution in [3.05, 3.63) is 36.0 Å². The molecule has 1 unspecified atom stereocenters. The minimum atomic E-state index is 0.479. The molecule has 1 atom stereocenters. The smallest absolute Gasteiger partial charge is 0.0850 e. The number of rotatable bonds is 2. The number of nitrogens with one attached hydrogen (secondary N) is 1. The Morgan fingerprint density at radius 3 is 3.15 bits per heavy atom. The molecular weight excluding hydrogens is 162 g/mol. The molecule has 1 aromatic carbocycles. The number of epoxide rings is 1. The van der Waals surface area contributed by atoms with E-state index in [0.717, 1.165) is 13.0 Å². The second-order valence-electron chi connectivity index (χ2n) is 3.56. The van der Waals surface area contributed by atoms with Crippen molar-refractivity contribution in [2.75, 3.05) is 6.61 Å². The summed E-state index contributed by atoms with van der Waals surface area (Å²) in [4.78, 5) is 3.21. The Balaban J connectivity index is 1.99. The van der Waals surface area contributed by atoms with Gasteiger partial charge in [-0.3, -0.25) is 0 Å². The number of hydrogen-bond donors (Lipinski definition) is 1. The van der Waals surface area contributed by atoms with Crippen LogP contribution in [0.5, 0.6) is 0 Å². The third-order valence-corrected chi connectivity index (χ3v) is 2.49. The van der Waals surface area contributed by atoms with Crippen LogP contribution < -0.4 is 0 Å². The van der Waals surface area contributed by atoms with E-state index in [1.807, 2.05) is 6.20 Å². The Morgan fingerprint density at radius 1 is 1.38 bits per heavy atom. The normalized spacial score (nSPS) is 20.8. The molecule has 1 fully saturated rings. The van der Waals surface area contributed by atoms with Gasteiger partial charge in [0, 0.05) is 18.1 Å². The topological polar surface area (TPSA) is 28.3 Å². The fourth-order valence-corrected chi connectivity index (χ4v) is 1.67. The van der Waals surface area contributed by atoms with Crippen LogP contribution in [-0.4, -0.2) is 17.7 Å². The lowest BCUT2D eigenvalue weighted by molar-refractivity contribution is 0.407. The molecule has 0 spiro atoms. The van der Waals surface area contributed by atoms with E-state index in [9.17, 15) is 0 Å². The summed E-state index contributed by atoms with van der Waals surface area (Å²) in [6, 6.07) is 8.63. The summed E-state index contributed by atoms with van der Waals surface area (Å²) in [5, 5.41) is 1.28. The Morgan fingerprint density at radius 2 is 2.31 bits per heavy atom. The summed E-state index contributed by atoms with van der Waals surface area (Å²) in [6.07, 6.45) is 3.50. The van der Waals surface area contributed by atoms with E-state index >= 15 is 0 Å². The molecule has 13 heavy (non-hydrogen) atoms. The molecule has 2 heterocycles. The van der Waals surface area contributed by atoms with Crippen LogP contribution in [0.15, 0.2) is 30.5 Å². The van der Waals surface area contributed by atoms with Gasteiger partial charge in [0.15, 0.2) is 0 Å². The average Bonchev–Trinajstić information content (AvgIpc) is 2.83. The molecule has 0 bridgehead atoms. The first-order valence-corrected chi connectivity index (χ1v) is 4.59. The summed E-state index contributed by atoms with van der Waals surface area (Å²) >= 11 is 0. The maximum absolute atomic E-state index is 5.20. The van der Waals surface area contributed by atoms with Gasteiger partial charge in [-0.2, -0.15) is 0 Å². The Bertz CT molecular complexity index is 428. The highest BCUT2D eigenvalue weighted by Gasteiger charge is 2.22. The van der Waals surface area contributed by atoms with Crippen LogP contribution in [0.1, 0.15) is 5.56 Å². The number of ether oxygens (including phenoxy) is 1. The van der Waals surface area contributed by atoms with E-state index in [4.69, 9.17) is 4.74 Å². The van der Waals surface area contributed by atoms with Gasteiger partial charge in [-0.25, -0.2) is 0 Å². The first-order chi connectivity index (χ1) is 6.42. The molecule has 1 saturated heterocycles. The van der Waals surface area contributed by atoms with Crippen LogP contribution in [0.25, 0.3) is 10.9 Å². The van der Waals surface area contributed by atoms with Gasteiger partial charge in [-0.1, -0.05) is 12.1 Å². The molecule has 0 saturated carbocycles. The third-order valence-electron chi connectivity index (χ3n) is 2.49. The summed E-state index contributed by atoms with van der Waals surface area (Å²) in [7, 11) is 0. The van der Waals surface area contributed by atoms with Crippen LogP contribution in [0.4, 0.5) is 0 Å². The van der Waals surface area contributed by atoms with Crippen molar-refractivity contribution >= 4 is 10.9 Å². The van der Waals surface area contributed by atoms with Gasteiger partial charge in [-0.05, 0) is 23.1 Å². The van der Waals surface area contributed by atoms with Gasteiger partial charge in [-0.15, -0.1) is 0 Å². The molecule has 1 N–H and O–H groups in total. The van der Waals surface area contributed by atoms with E-state index in [1.54, 1.807) is 0 Å². The van der Waals surface area contributed by atoms with Crippen LogP contribution >= 0.6 is 0 Å². The van der Waals surface area contributed by atoms with Crippen LogP contribution in [0, 0.1) is 0 Å². The van der Waals surface area contributed by atoms with Gasteiger partial charge in [0.2, 0.25) is 0 Å². The molecule has 0 amide bonds. The van der Waals surface area contributed by atoms with Gasteiger partial charge in [0.25, 0.3) is 0 Å². The molecule has 1 aliphatic heterocycles. The van der Waals surface area contributed by atoms with Crippen LogP contribution in [-0.2, 0) is 11.2 Å². The van der Waals surface area contributed by atoms with Crippen LogP contribution in [0.2, 0.25) is 0 Å². The number of fused-ring (bicyclic) bond motifs is 1. The van der Waals surface area contributed by atoms with Gasteiger partial charge in [0.05, 0.1) is 12.7 Å². The monoisotopic (exact) mass is 173 g/mol. The number of benzene rings is 1. The first kappa shape index (κ1) is 7.15. The fourth-order valence-electron chi connectivity index (χ4n) is 1.67. The lowest BCUT2D eigenvalue weighted by Gasteiger charge is -1.97. The van der Waals surface area contributed by atoms with Gasteiger partial charge in [0.1, 0.15) is 0 Å². The summed E-state index contributed by atoms with van der Waals surface area (Å²) in [5.41, 5.74) is 2.58. The zero-order chi connectivity index (χ0) is 8.67. The van der Waals surface area contributed by atoms with E-state index in [-0.39, 0.29) is 0 Å². The molecule has 2 aromatic rings.